The number of para-hydroxylation sites is 3. The van der Waals surface area contributed by atoms with Crippen LogP contribution in [0.4, 0.5) is 0 Å². The van der Waals surface area contributed by atoms with Crippen LogP contribution in [0.15, 0.2) is 188 Å². The lowest BCUT2D eigenvalue weighted by molar-refractivity contribution is 0.204. The molecule has 1 aliphatic rings. The summed E-state index contributed by atoms with van der Waals surface area (Å²) in [6.45, 7) is 0. The molecule has 1 fully saturated rings. The van der Waals surface area contributed by atoms with E-state index in [9.17, 15) is 0 Å². The Morgan fingerprint density at radius 2 is 0.796 bits per heavy atom. The molecule has 0 spiro atoms. The molecule has 3 heterocycles. The molecule has 54 heavy (non-hydrogen) atoms. The molecule has 0 saturated carbocycles. The standard InChI is InChI=1S/C49H37N5/c1-4-16-32(17-5-1)47-50-48(33-18-6-2-7-19-33)52-49(51-47)39-26-14-25-36-35(39)24-15-29-44(36)54-43-28-13-11-23-38(43)41-30-40-37-22-10-12-27-42(37)53(45(40)31-46(41)54)34-20-8-3-9-21-34/h1-31,47-52H. The zero-order valence-electron chi connectivity index (χ0n) is 29.5. The molecule has 0 radical (unpaired) electrons. The Kier molecular flexibility index (Phi) is 7.23. The highest BCUT2D eigenvalue weighted by Crippen LogP contribution is 2.41. The summed E-state index contributed by atoms with van der Waals surface area (Å²) in [7, 11) is 0. The Balaban J connectivity index is 1.13. The molecule has 8 aromatic carbocycles. The fraction of sp³-hybridized carbons (Fsp3) is 0.0612. The molecule has 3 N–H and O–H groups in total. The lowest BCUT2D eigenvalue weighted by Gasteiger charge is -2.40. The lowest BCUT2D eigenvalue weighted by Crippen LogP contribution is -2.54. The maximum absolute atomic E-state index is 3.91. The van der Waals surface area contributed by atoms with Gasteiger partial charge in [0.25, 0.3) is 0 Å². The summed E-state index contributed by atoms with van der Waals surface area (Å²) in [6.07, 6.45) is -0.200. The van der Waals surface area contributed by atoms with E-state index in [1.165, 1.54) is 71.1 Å². The van der Waals surface area contributed by atoms with Crippen LogP contribution in [0, 0.1) is 0 Å². The molecular formula is C49H37N5. The SMILES string of the molecule is c1ccc(C2NC(c3ccccc3)NC(c3cccc4c(-n5c6ccccc6c6cc7c8ccccc8n(-c8ccccc8)c7cc65)cccc34)N2)cc1. The predicted molar refractivity (Wildman–Crippen MR) is 223 cm³/mol. The highest BCUT2D eigenvalue weighted by atomic mass is 15.4. The van der Waals surface area contributed by atoms with E-state index in [2.05, 4.69) is 213 Å². The summed E-state index contributed by atoms with van der Waals surface area (Å²) in [5.41, 5.74) is 10.7. The molecule has 0 aliphatic carbocycles. The Morgan fingerprint density at radius 1 is 0.315 bits per heavy atom. The van der Waals surface area contributed by atoms with Crippen molar-refractivity contribution >= 4 is 54.4 Å². The van der Waals surface area contributed by atoms with E-state index in [0.717, 1.165) is 11.4 Å². The number of benzene rings is 8. The van der Waals surface area contributed by atoms with Crippen molar-refractivity contribution < 1.29 is 0 Å². The molecule has 5 nitrogen and oxygen atoms in total. The minimum atomic E-state index is -0.111. The second-order valence-electron chi connectivity index (χ2n) is 14.3. The summed E-state index contributed by atoms with van der Waals surface area (Å²) in [6, 6.07) is 68.0. The smallest absolute Gasteiger partial charge is 0.0870 e. The third kappa shape index (κ3) is 4.91. The van der Waals surface area contributed by atoms with Gasteiger partial charge in [-0.3, -0.25) is 16.0 Å². The van der Waals surface area contributed by atoms with Gasteiger partial charge in [0.15, 0.2) is 0 Å². The molecule has 5 heteroatoms. The average molecular weight is 696 g/mol. The van der Waals surface area contributed by atoms with Crippen molar-refractivity contribution in [3.63, 3.8) is 0 Å². The minimum Gasteiger partial charge on any atom is -0.309 e. The number of hydrogen-bond acceptors (Lipinski definition) is 3. The monoisotopic (exact) mass is 695 g/mol. The molecular weight excluding hydrogens is 659 g/mol. The molecule has 258 valence electrons. The van der Waals surface area contributed by atoms with Crippen LogP contribution >= 0.6 is 0 Å². The van der Waals surface area contributed by atoms with Crippen LogP contribution in [0.5, 0.6) is 0 Å². The lowest BCUT2D eigenvalue weighted by atomic mass is 9.98. The second-order valence-corrected chi connectivity index (χ2v) is 14.3. The topological polar surface area (TPSA) is 46.0 Å². The van der Waals surface area contributed by atoms with Gasteiger partial charge in [-0.05, 0) is 64.5 Å². The molecule has 2 aromatic heterocycles. The van der Waals surface area contributed by atoms with E-state index in [1.807, 2.05) is 0 Å². The van der Waals surface area contributed by atoms with Crippen LogP contribution in [0.3, 0.4) is 0 Å². The number of nitrogens with zero attached hydrogens (tertiary/aromatic N) is 2. The summed E-state index contributed by atoms with van der Waals surface area (Å²) < 4.78 is 4.89. The highest BCUT2D eigenvalue weighted by Gasteiger charge is 2.30. The van der Waals surface area contributed by atoms with Crippen molar-refractivity contribution in [2.45, 2.75) is 18.5 Å². The van der Waals surface area contributed by atoms with Crippen LogP contribution in [0.1, 0.15) is 35.2 Å². The van der Waals surface area contributed by atoms with Crippen molar-refractivity contribution in [1.82, 2.24) is 25.1 Å². The van der Waals surface area contributed by atoms with E-state index in [4.69, 9.17) is 0 Å². The fourth-order valence-corrected chi connectivity index (χ4v) is 8.81. The highest BCUT2D eigenvalue weighted by molar-refractivity contribution is 6.19. The molecule has 1 aliphatic heterocycles. The summed E-state index contributed by atoms with van der Waals surface area (Å²) in [5, 5.41) is 19.1. The van der Waals surface area contributed by atoms with E-state index < -0.39 is 0 Å². The van der Waals surface area contributed by atoms with Crippen molar-refractivity contribution in [3.8, 4) is 11.4 Å². The second kappa shape index (κ2) is 12.6. The third-order valence-corrected chi connectivity index (χ3v) is 11.2. The van der Waals surface area contributed by atoms with Gasteiger partial charge in [0.05, 0.1) is 46.3 Å². The zero-order valence-corrected chi connectivity index (χ0v) is 29.5. The first-order chi connectivity index (χ1) is 26.8. The van der Waals surface area contributed by atoms with Crippen molar-refractivity contribution in [2.75, 3.05) is 0 Å². The Morgan fingerprint density at radius 3 is 1.44 bits per heavy atom. The van der Waals surface area contributed by atoms with E-state index in [0.29, 0.717) is 0 Å². The molecule has 0 amide bonds. The van der Waals surface area contributed by atoms with Crippen molar-refractivity contribution in [2.24, 2.45) is 0 Å². The largest absolute Gasteiger partial charge is 0.309 e. The number of fused-ring (bicyclic) bond motifs is 7. The molecule has 10 aromatic rings. The Bertz CT molecular complexity index is 2940. The number of hydrogen-bond donors (Lipinski definition) is 3. The predicted octanol–water partition coefficient (Wildman–Crippen LogP) is 11.2. The van der Waals surface area contributed by atoms with Gasteiger partial charge in [0.1, 0.15) is 0 Å². The summed E-state index contributed by atoms with van der Waals surface area (Å²) >= 11 is 0. The summed E-state index contributed by atoms with van der Waals surface area (Å²) in [5.74, 6) is 0. The molecule has 0 bridgehead atoms. The maximum atomic E-state index is 3.91. The van der Waals surface area contributed by atoms with Gasteiger partial charge < -0.3 is 9.13 Å². The summed E-state index contributed by atoms with van der Waals surface area (Å²) in [4.78, 5) is 0. The van der Waals surface area contributed by atoms with Crippen LogP contribution in [0.2, 0.25) is 0 Å². The Hall–Kier alpha value is -6.50. The van der Waals surface area contributed by atoms with Gasteiger partial charge in [-0.2, -0.15) is 0 Å². The van der Waals surface area contributed by atoms with Gasteiger partial charge in [0.2, 0.25) is 0 Å². The number of nitrogens with one attached hydrogen (secondary N) is 3. The van der Waals surface area contributed by atoms with Gasteiger partial charge >= 0.3 is 0 Å². The van der Waals surface area contributed by atoms with Crippen molar-refractivity contribution in [1.29, 1.82) is 0 Å². The molecule has 2 unspecified atom stereocenters. The number of rotatable bonds is 5. The average Bonchev–Trinajstić information content (AvgIpc) is 3.75. The quantitative estimate of drug-likeness (QED) is 0.168. The van der Waals surface area contributed by atoms with Gasteiger partial charge in [-0.25, -0.2) is 0 Å². The van der Waals surface area contributed by atoms with Crippen LogP contribution in [-0.2, 0) is 0 Å². The van der Waals surface area contributed by atoms with Crippen LogP contribution in [-0.4, -0.2) is 9.13 Å². The van der Waals surface area contributed by atoms with Gasteiger partial charge in [0, 0.05) is 32.6 Å². The molecule has 1 saturated heterocycles. The van der Waals surface area contributed by atoms with Crippen LogP contribution in [0.25, 0.3) is 65.8 Å². The van der Waals surface area contributed by atoms with Gasteiger partial charge in [-0.15, -0.1) is 0 Å². The molecule has 11 rings (SSSR count). The number of aromatic nitrogens is 2. The van der Waals surface area contributed by atoms with Crippen LogP contribution < -0.4 is 16.0 Å². The van der Waals surface area contributed by atoms with Crippen molar-refractivity contribution in [3.05, 3.63) is 205 Å². The minimum absolute atomic E-state index is 0.0443. The first-order valence-corrected chi connectivity index (χ1v) is 18.7. The van der Waals surface area contributed by atoms with Gasteiger partial charge in [-0.1, -0.05) is 146 Å². The first-order valence-electron chi connectivity index (χ1n) is 18.7. The van der Waals surface area contributed by atoms with E-state index in [-0.39, 0.29) is 18.5 Å². The molecule has 2 atom stereocenters. The fourth-order valence-electron chi connectivity index (χ4n) is 8.81. The Labute approximate surface area is 313 Å². The zero-order chi connectivity index (χ0) is 35.6. The third-order valence-electron chi connectivity index (χ3n) is 11.2. The maximum Gasteiger partial charge on any atom is 0.0870 e. The normalized spacial score (nSPS) is 17.6. The first kappa shape index (κ1) is 31.1. The van der Waals surface area contributed by atoms with E-state index >= 15 is 0 Å². The van der Waals surface area contributed by atoms with E-state index in [1.54, 1.807) is 0 Å².